The highest BCUT2D eigenvalue weighted by Gasteiger charge is 2.11. The Morgan fingerprint density at radius 1 is 1.33 bits per heavy atom. The number of aryl methyl sites for hydroxylation is 1. The molecule has 0 atom stereocenters. The molecule has 0 saturated carbocycles. The minimum atomic E-state index is 0.483. The van der Waals surface area contributed by atoms with Gasteiger partial charge in [-0.1, -0.05) is 20.8 Å². The summed E-state index contributed by atoms with van der Waals surface area (Å²) in [6.45, 7) is 9.73. The summed E-state index contributed by atoms with van der Waals surface area (Å²) in [4.78, 5) is 8.53. The molecule has 1 rings (SSSR count). The van der Waals surface area contributed by atoms with Crippen molar-refractivity contribution < 1.29 is 4.74 Å². The summed E-state index contributed by atoms with van der Waals surface area (Å²) in [6.07, 6.45) is 2.01. The molecule has 18 heavy (non-hydrogen) atoms. The van der Waals surface area contributed by atoms with Gasteiger partial charge in [-0.25, -0.2) is 4.98 Å². The number of anilines is 2. The number of nitrogen functional groups attached to an aromatic ring is 1. The number of ether oxygens (including phenoxy) is 1. The summed E-state index contributed by atoms with van der Waals surface area (Å²) in [5.74, 6) is 2.48. The van der Waals surface area contributed by atoms with Gasteiger partial charge in [0.05, 0.1) is 6.61 Å². The molecule has 0 unspecified atom stereocenters. The van der Waals surface area contributed by atoms with Crippen LogP contribution in [0.3, 0.4) is 0 Å². The molecule has 0 aliphatic heterocycles. The van der Waals surface area contributed by atoms with E-state index in [4.69, 9.17) is 10.5 Å². The van der Waals surface area contributed by atoms with E-state index in [9.17, 15) is 0 Å². The van der Waals surface area contributed by atoms with Crippen molar-refractivity contribution in [2.45, 2.75) is 40.5 Å². The molecule has 0 saturated heterocycles. The zero-order valence-electron chi connectivity index (χ0n) is 11.8. The minimum Gasteiger partial charge on any atom is -0.476 e. The number of hydrogen-bond acceptors (Lipinski definition) is 5. The van der Waals surface area contributed by atoms with Crippen LogP contribution in [-0.4, -0.2) is 23.1 Å². The smallest absolute Gasteiger partial charge is 0.242 e. The van der Waals surface area contributed by atoms with Crippen LogP contribution in [0.25, 0.3) is 0 Å². The lowest BCUT2D eigenvalue weighted by molar-refractivity contribution is 0.306. The van der Waals surface area contributed by atoms with Crippen LogP contribution in [0, 0.1) is 12.8 Å². The molecule has 0 aromatic carbocycles. The summed E-state index contributed by atoms with van der Waals surface area (Å²) < 4.78 is 5.52. The van der Waals surface area contributed by atoms with E-state index in [0.29, 0.717) is 35.7 Å². The highest BCUT2D eigenvalue weighted by molar-refractivity contribution is 5.66. The Morgan fingerprint density at radius 2 is 2.06 bits per heavy atom. The summed E-state index contributed by atoms with van der Waals surface area (Å²) in [7, 11) is 0. The first-order valence-corrected chi connectivity index (χ1v) is 6.55. The maximum atomic E-state index is 6.00. The van der Waals surface area contributed by atoms with Gasteiger partial charge in [0.15, 0.2) is 5.82 Å². The van der Waals surface area contributed by atoms with Crippen LogP contribution < -0.4 is 15.8 Å². The van der Waals surface area contributed by atoms with E-state index in [1.807, 2.05) is 13.8 Å². The average molecular weight is 252 g/mol. The van der Waals surface area contributed by atoms with Crippen molar-refractivity contribution in [2.75, 3.05) is 24.2 Å². The van der Waals surface area contributed by atoms with Crippen LogP contribution >= 0.6 is 0 Å². The molecule has 0 spiro atoms. The van der Waals surface area contributed by atoms with Crippen molar-refractivity contribution in [3.05, 3.63) is 5.82 Å². The predicted octanol–water partition coefficient (Wildman–Crippen LogP) is 2.61. The zero-order chi connectivity index (χ0) is 13.5. The lowest BCUT2D eigenvalue weighted by Crippen LogP contribution is -2.12. The molecule has 102 valence electrons. The molecule has 0 amide bonds. The standard InChI is InChI=1S/C13H24N4O/c1-5-8-18-13-11(14)12(16-10(4)17-13)15-7-6-9(2)3/h9H,5-8,14H2,1-4H3,(H,15,16,17). The average Bonchev–Trinajstić information content (AvgIpc) is 2.30. The predicted molar refractivity (Wildman–Crippen MR) is 74.9 cm³/mol. The van der Waals surface area contributed by atoms with Crippen LogP contribution in [0.2, 0.25) is 0 Å². The van der Waals surface area contributed by atoms with Crippen LogP contribution in [0.1, 0.15) is 39.4 Å². The van der Waals surface area contributed by atoms with Crippen molar-refractivity contribution in [1.82, 2.24) is 9.97 Å². The second-order valence-electron chi connectivity index (χ2n) is 4.80. The summed E-state index contributed by atoms with van der Waals surface area (Å²) in [5.41, 5.74) is 6.50. The van der Waals surface area contributed by atoms with Crippen molar-refractivity contribution in [3.63, 3.8) is 0 Å². The Balaban J connectivity index is 2.74. The van der Waals surface area contributed by atoms with E-state index < -0.39 is 0 Å². The van der Waals surface area contributed by atoms with Gasteiger partial charge in [-0.3, -0.25) is 0 Å². The first-order chi connectivity index (χ1) is 8.54. The van der Waals surface area contributed by atoms with Gasteiger partial charge >= 0.3 is 0 Å². The molecule has 1 heterocycles. The number of hydrogen-bond donors (Lipinski definition) is 2. The molecular formula is C13H24N4O. The lowest BCUT2D eigenvalue weighted by Gasteiger charge is -2.13. The number of nitrogens with zero attached hydrogens (tertiary/aromatic N) is 2. The van der Waals surface area contributed by atoms with E-state index in [-0.39, 0.29) is 0 Å². The topological polar surface area (TPSA) is 73.1 Å². The van der Waals surface area contributed by atoms with E-state index in [1.54, 1.807) is 0 Å². The molecule has 0 radical (unpaired) electrons. The van der Waals surface area contributed by atoms with Crippen molar-refractivity contribution in [1.29, 1.82) is 0 Å². The normalized spacial score (nSPS) is 10.7. The van der Waals surface area contributed by atoms with Crippen LogP contribution in [0.5, 0.6) is 5.88 Å². The highest BCUT2D eigenvalue weighted by Crippen LogP contribution is 2.26. The molecule has 0 aliphatic rings. The fraction of sp³-hybridized carbons (Fsp3) is 0.692. The first-order valence-electron chi connectivity index (χ1n) is 6.55. The monoisotopic (exact) mass is 252 g/mol. The molecule has 1 aromatic heterocycles. The lowest BCUT2D eigenvalue weighted by atomic mass is 10.1. The third-order valence-electron chi connectivity index (χ3n) is 2.48. The van der Waals surface area contributed by atoms with Gasteiger partial charge in [0, 0.05) is 6.54 Å². The zero-order valence-corrected chi connectivity index (χ0v) is 11.8. The van der Waals surface area contributed by atoms with Gasteiger partial charge in [-0.2, -0.15) is 4.98 Å². The maximum Gasteiger partial charge on any atom is 0.242 e. The molecule has 5 nitrogen and oxygen atoms in total. The summed E-state index contributed by atoms with van der Waals surface area (Å²) in [5, 5.41) is 3.25. The van der Waals surface area contributed by atoms with Crippen molar-refractivity contribution >= 4 is 11.5 Å². The number of rotatable bonds is 7. The molecular weight excluding hydrogens is 228 g/mol. The quantitative estimate of drug-likeness (QED) is 0.780. The molecule has 5 heteroatoms. The first kappa shape index (κ1) is 14.5. The highest BCUT2D eigenvalue weighted by atomic mass is 16.5. The van der Waals surface area contributed by atoms with Crippen molar-refractivity contribution in [2.24, 2.45) is 5.92 Å². The van der Waals surface area contributed by atoms with Crippen molar-refractivity contribution in [3.8, 4) is 5.88 Å². The van der Waals surface area contributed by atoms with Gasteiger partial charge in [0.2, 0.25) is 5.88 Å². The Bertz CT molecular complexity index is 379. The Kier molecular flexibility index (Phi) is 5.68. The van der Waals surface area contributed by atoms with Gasteiger partial charge in [0.25, 0.3) is 0 Å². The number of nitrogens with one attached hydrogen (secondary N) is 1. The van der Waals surface area contributed by atoms with E-state index in [1.165, 1.54) is 0 Å². The Morgan fingerprint density at radius 3 is 2.67 bits per heavy atom. The Hall–Kier alpha value is -1.52. The second-order valence-corrected chi connectivity index (χ2v) is 4.80. The number of aromatic nitrogens is 2. The molecule has 0 bridgehead atoms. The minimum absolute atomic E-state index is 0.483. The van der Waals surface area contributed by atoms with Gasteiger partial charge < -0.3 is 15.8 Å². The summed E-state index contributed by atoms with van der Waals surface area (Å²) >= 11 is 0. The largest absolute Gasteiger partial charge is 0.476 e. The van der Waals surface area contributed by atoms with E-state index >= 15 is 0 Å². The van der Waals surface area contributed by atoms with Crippen LogP contribution in [0.4, 0.5) is 11.5 Å². The van der Waals surface area contributed by atoms with Crippen LogP contribution in [-0.2, 0) is 0 Å². The maximum absolute atomic E-state index is 6.00. The molecule has 0 fully saturated rings. The second kappa shape index (κ2) is 7.03. The van der Waals surface area contributed by atoms with E-state index in [0.717, 1.165) is 19.4 Å². The fourth-order valence-electron chi connectivity index (χ4n) is 1.48. The SMILES string of the molecule is CCCOc1nc(C)nc(NCCC(C)C)c1N. The van der Waals surface area contributed by atoms with Crippen LogP contribution in [0.15, 0.2) is 0 Å². The molecule has 3 N–H and O–H groups in total. The van der Waals surface area contributed by atoms with Gasteiger partial charge in [-0.05, 0) is 25.7 Å². The number of nitrogens with two attached hydrogens (primary N) is 1. The fourth-order valence-corrected chi connectivity index (χ4v) is 1.48. The summed E-state index contributed by atoms with van der Waals surface area (Å²) in [6, 6.07) is 0. The third kappa shape index (κ3) is 4.39. The van der Waals surface area contributed by atoms with Gasteiger partial charge in [0.1, 0.15) is 11.5 Å². The van der Waals surface area contributed by atoms with E-state index in [2.05, 4.69) is 29.1 Å². The third-order valence-corrected chi connectivity index (χ3v) is 2.48. The Labute approximate surface area is 109 Å². The van der Waals surface area contributed by atoms with Gasteiger partial charge in [-0.15, -0.1) is 0 Å². The molecule has 0 aliphatic carbocycles. The molecule has 1 aromatic rings.